The number of benzene rings is 2. The van der Waals surface area contributed by atoms with Gasteiger partial charge in [0.2, 0.25) is 0 Å². The van der Waals surface area contributed by atoms with Crippen molar-refractivity contribution in [3.8, 4) is 0 Å². The van der Waals surface area contributed by atoms with Crippen LogP contribution in [0, 0.1) is 6.92 Å². The molecule has 0 saturated heterocycles. The topological polar surface area (TPSA) is 83.1 Å². The standard InChI is InChI=1S/C21H20N4O2/c1-15-6-4-8-17(12-15)24-21(27)25-18-9-5-7-16(13-18)14-23-20(26)19-10-2-3-11-22-19/h2-13H,14H2,1H3,(H,23,26)(H2,24,25,27). The maximum Gasteiger partial charge on any atom is 0.323 e. The first kappa shape index (κ1) is 18.1. The largest absolute Gasteiger partial charge is 0.347 e. The zero-order valence-corrected chi connectivity index (χ0v) is 14.9. The normalized spacial score (nSPS) is 10.1. The van der Waals surface area contributed by atoms with Gasteiger partial charge in [-0.2, -0.15) is 0 Å². The van der Waals surface area contributed by atoms with Crippen molar-refractivity contribution in [2.45, 2.75) is 13.5 Å². The summed E-state index contributed by atoms with van der Waals surface area (Å²) in [4.78, 5) is 28.2. The van der Waals surface area contributed by atoms with Gasteiger partial charge >= 0.3 is 6.03 Å². The van der Waals surface area contributed by atoms with Crippen molar-refractivity contribution in [2.75, 3.05) is 10.6 Å². The summed E-state index contributed by atoms with van der Waals surface area (Å²) in [7, 11) is 0. The second-order valence-electron chi connectivity index (χ2n) is 6.05. The van der Waals surface area contributed by atoms with Crippen molar-refractivity contribution >= 4 is 23.3 Å². The molecule has 3 rings (SSSR count). The maximum absolute atomic E-state index is 12.2. The zero-order chi connectivity index (χ0) is 19.1. The van der Waals surface area contributed by atoms with Crippen molar-refractivity contribution in [3.05, 3.63) is 89.7 Å². The van der Waals surface area contributed by atoms with Crippen LogP contribution in [0.15, 0.2) is 72.9 Å². The zero-order valence-electron chi connectivity index (χ0n) is 14.9. The van der Waals surface area contributed by atoms with Crippen molar-refractivity contribution < 1.29 is 9.59 Å². The van der Waals surface area contributed by atoms with E-state index in [9.17, 15) is 9.59 Å². The fraction of sp³-hybridized carbons (Fsp3) is 0.0952. The number of hydrogen-bond donors (Lipinski definition) is 3. The summed E-state index contributed by atoms with van der Waals surface area (Å²) in [6.07, 6.45) is 1.58. The van der Waals surface area contributed by atoms with Crippen LogP contribution in [0.5, 0.6) is 0 Å². The molecule has 0 unspecified atom stereocenters. The van der Waals surface area contributed by atoms with E-state index in [0.717, 1.165) is 16.8 Å². The number of carbonyl (C=O) groups is 2. The number of aryl methyl sites for hydroxylation is 1. The Morgan fingerprint density at radius 1 is 0.889 bits per heavy atom. The average Bonchev–Trinajstić information content (AvgIpc) is 2.67. The monoisotopic (exact) mass is 360 g/mol. The van der Waals surface area contributed by atoms with Gasteiger partial charge in [-0.15, -0.1) is 0 Å². The summed E-state index contributed by atoms with van der Waals surface area (Å²) in [5.74, 6) is -0.244. The lowest BCUT2D eigenvalue weighted by Crippen LogP contribution is -2.24. The summed E-state index contributed by atoms with van der Waals surface area (Å²) in [5.41, 5.74) is 3.67. The number of rotatable bonds is 5. The molecule has 0 fully saturated rings. The van der Waals surface area contributed by atoms with E-state index in [0.29, 0.717) is 17.9 Å². The fourth-order valence-corrected chi connectivity index (χ4v) is 2.55. The molecule has 0 aliphatic carbocycles. The summed E-state index contributed by atoms with van der Waals surface area (Å²) >= 11 is 0. The number of aromatic nitrogens is 1. The van der Waals surface area contributed by atoms with E-state index >= 15 is 0 Å². The number of amides is 3. The van der Waals surface area contributed by atoms with Crippen LogP contribution in [0.25, 0.3) is 0 Å². The lowest BCUT2D eigenvalue weighted by Gasteiger charge is -2.10. The number of nitrogens with one attached hydrogen (secondary N) is 3. The van der Waals surface area contributed by atoms with Gasteiger partial charge in [0, 0.05) is 24.1 Å². The van der Waals surface area contributed by atoms with Gasteiger partial charge < -0.3 is 16.0 Å². The Morgan fingerprint density at radius 3 is 2.33 bits per heavy atom. The maximum atomic E-state index is 12.2. The van der Waals surface area contributed by atoms with Crippen LogP contribution >= 0.6 is 0 Å². The molecule has 0 atom stereocenters. The van der Waals surface area contributed by atoms with E-state index in [1.54, 1.807) is 30.5 Å². The van der Waals surface area contributed by atoms with Crippen LogP contribution in [0.2, 0.25) is 0 Å². The molecule has 0 saturated carbocycles. The van der Waals surface area contributed by atoms with Gasteiger partial charge in [-0.3, -0.25) is 9.78 Å². The third-order valence-electron chi connectivity index (χ3n) is 3.81. The Morgan fingerprint density at radius 2 is 1.63 bits per heavy atom. The van der Waals surface area contributed by atoms with Crippen molar-refractivity contribution in [1.29, 1.82) is 0 Å². The van der Waals surface area contributed by atoms with Crippen LogP contribution in [0.1, 0.15) is 21.6 Å². The molecule has 6 heteroatoms. The Bertz CT molecular complexity index is 942. The number of urea groups is 1. The van der Waals surface area contributed by atoms with Gasteiger partial charge in [-0.05, 0) is 54.4 Å². The van der Waals surface area contributed by atoms with E-state index in [-0.39, 0.29) is 11.9 Å². The molecule has 1 aromatic heterocycles. The molecule has 0 aliphatic heterocycles. The van der Waals surface area contributed by atoms with Gasteiger partial charge in [0.15, 0.2) is 0 Å². The molecule has 1 heterocycles. The van der Waals surface area contributed by atoms with E-state index in [1.165, 1.54) is 0 Å². The predicted octanol–water partition coefficient (Wildman–Crippen LogP) is 3.96. The molecule has 2 aromatic carbocycles. The molecule has 3 aromatic rings. The molecule has 0 radical (unpaired) electrons. The van der Waals surface area contributed by atoms with E-state index in [2.05, 4.69) is 20.9 Å². The second-order valence-corrected chi connectivity index (χ2v) is 6.05. The van der Waals surface area contributed by atoms with Gasteiger partial charge in [0.25, 0.3) is 5.91 Å². The number of pyridine rings is 1. The molecule has 3 N–H and O–H groups in total. The van der Waals surface area contributed by atoms with Crippen LogP contribution in [-0.4, -0.2) is 16.9 Å². The van der Waals surface area contributed by atoms with E-state index < -0.39 is 0 Å². The van der Waals surface area contributed by atoms with Crippen molar-refractivity contribution in [1.82, 2.24) is 10.3 Å². The highest BCUT2D eigenvalue weighted by Crippen LogP contribution is 2.13. The minimum absolute atomic E-state index is 0.244. The highest BCUT2D eigenvalue weighted by Gasteiger charge is 2.07. The highest BCUT2D eigenvalue weighted by molar-refractivity contribution is 5.99. The number of nitrogens with zero attached hydrogens (tertiary/aromatic N) is 1. The molecule has 0 bridgehead atoms. The van der Waals surface area contributed by atoms with Crippen molar-refractivity contribution in [3.63, 3.8) is 0 Å². The van der Waals surface area contributed by atoms with Crippen LogP contribution in [-0.2, 0) is 6.54 Å². The smallest absolute Gasteiger partial charge is 0.323 e. The van der Waals surface area contributed by atoms with Gasteiger partial charge in [0.1, 0.15) is 5.69 Å². The SMILES string of the molecule is Cc1cccc(NC(=O)Nc2cccc(CNC(=O)c3ccccn3)c2)c1. The van der Waals surface area contributed by atoms with Crippen LogP contribution in [0.3, 0.4) is 0 Å². The molecule has 3 amide bonds. The molecule has 27 heavy (non-hydrogen) atoms. The molecule has 136 valence electrons. The minimum Gasteiger partial charge on any atom is -0.347 e. The summed E-state index contributed by atoms with van der Waals surface area (Å²) in [6, 6.07) is 19.7. The summed E-state index contributed by atoms with van der Waals surface area (Å²) in [5, 5.41) is 8.40. The Kier molecular flexibility index (Phi) is 5.79. The summed E-state index contributed by atoms with van der Waals surface area (Å²) in [6.45, 7) is 2.30. The number of anilines is 2. The second kappa shape index (κ2) is 8.62. The number of carbonyl (C=O) groups excluding carboxylic acids is 2. The van der Waals surface area contributed by atoms with Gasteiger partial charge in [-0.25, -0.2) is 4.79 Å². The molecule has 6 nitrogen and oxygen atoms in total. The van der Waals surface area contributed by atoms with Crippen LogP contribution in [0.4, 0.5) is 16.2 Å². The molecule has 0 spiro atoms. The molecular formula is C21H20N4O2. The first-order valence-corrected chi connectivity index (χ1v) is 8.53. The lowest BCUT2D eigenvalue weighted by atomic mass is 10.2. The highest BCUT2D eigenvalue weighted by atomic mass is 16.2. The van der Waals surface area contributed by atoms with E-state index in [1.807, 2.05) is 49.4 Å². The van der Waals surface area contributed by atoms with Gasteiger partial charge in [-0.1, -0.05) is 30.3 Å². The Hall–Kier alpha value is -3.67. The van der Waals surface area contributed by atoms with Gasteiger partial charge in [0.05, 0.1) is 0 Å². The average molecular weight is 360 g/mol. The quantitative estimate of drug-likeness (QED) is 0.644. The van der Waals surface area contributed by atoms with E-state index in [4.69, 9.17) is 0 Å². The van der Waals surface area contributed by atoms with Crippen molar-refractivity contribution in [2.24, 2.45) is 0 Å². The Balaban J connectivity index is 1.57. The third kappa shape index (κ3) is 5.40. The third-order valence-corrected chi connectivity index (χ3v) is 3.81. The molecule has 0 aliphatic rings. The summed E-state index contributed by atoms with van der Waals surface area (Å²) < 4.78 is 0. The number of hydrogen-bond acceptors (Lipinski definition) is 3. The first-order chi connectivity index (χ1) is 13.1. The lowest BCUT2D eigenvalue weighted by molar-refractivity contribution is 0.0946. The van der Waals surface area contributed by atoms with Crippen LogP contribution < -0.4 is 16.0 Å². The minimum atomic E-state index is -0.324. The first-order valence-electron chi connectivity index (χ1n) is 8.53. The fourth-order valence-electron chi connectivity index (χ4n) is 2.55. The molecular weight excluding hydrogens is 340 g/mol. The Labute approximate surface area is 157 Å². The predicted molar refractivity (Wildman–Crippen MR) is 106 cm³/mol.